The van der Waals surface area contributed by atoms with Crippen molar-refractivity contribution < 1.29 is 19.1 Å². The van der Waals surface area contributed by atoms with E-state index in [1.165, 1.54) is 4.68 Å². The molecule has 0 aliphatic heterocycles. The number of aryl methyl sites for hydroxylation is 1. The maximum atomic E-state index is 12.5. The number of amides is 2. The van der Waals surface area contributed by atoms with Crippen LogP contribution in [0.1, 0.15) is 61.4 Å². The van der Waals surface area contributed by atoms with E-state index in [1.54, 1.807) is 13.1 Å². The third kappa shape index (κ3) is 5.59. The Hall–Kier alpha value is -2.88. The van der Waals surface area contributed by atoms with Crippen molar-refractivity contribution in [1.29, 1.82) is 0 Å². The second kappa shape index (κ2) is 9.75. The van der Waals surface area contributed by atoms with E-state index in [2.05, 4.69) is 25.9 Å². The highest BCUT2D eigenvalue weighted by molar-refractivity contribution is 6.02. The molecule has 2 aromatic rings. The quantitative estimate of drug-likeness (QED) is 0.575. The van der Waals surface area contributed by atoms with Gasteiger partial charge >= 0.3 is 6.09 Å². The lowest BCUT2D eigenvalue weighted by Gasteiger charge is -2.34. The van der Waals surface area contributed by atoms with Gasteiger partial charge in [-0.2, -0.15) is 10.2 Å². The van der Waals surface area contributed by atoms with Crippen LogP contribution in [-0.2, 0) is 23.1 Å². The molecular formula is C20H30N6O4. The molecule has 0 bridgehead atoms. The number of carbonyl (C=O) groups is 2. The van der Waals surface area contributed by atoms with Crippen molar-refractivity contribution in [2.24, 2.45) is 13.0 Å². The van der Waals surface area contributed by atoms with Crippen LogP contribution in [0.5, 0.6) is 0 Å². The molecule has 3 N–H and O–H groups in total. The van der Waals surface area contributed by atoms with Gasteiger partial charge in [0.2, 0.25) is 0 Å². The summed E-state index contributed by atoms with van der Waals surface area (Å²) < 4.78 is 12.1. The number of carbonyl (C=O) groups excluding carboxylic acids is 2. The number of rotatable bonds is 9. The number of ether oxygens (including phenoxy) is 2. The van der Waals surface area contributed by atoms with E-state index in [0.717, 1.165) is 18.5 Å². The lowest BCUT2D eigenvalue weighted by molar-refractivity contribution is 0.0924. The van der Waals surface area contributed by atoms with Crippen LogP contribution in [-0.4, -0.2) is 51.2 Å². The smallest absolute Gasteiger partial charge is 0.407 e. The lowest BCUT2D eigenvalue weighted by Crippen LogP contribution is -2.34. The molecule has 0 aromatic carbocycles. The first-order chi connectivity index (χ1) is 14.4. The number of nitrogens with one attached hydrogen (secondary N) is 3. The molecule has 1 aliphatic rings. The molecule has 0 unspecified atom stereocenters. The molecule has 2 heterocycles. The van der Waals surface area contributed by atoms with Gasteiger partial charge in [0.05, 0.1) is 18.9 Å². The summed E-state index contributed by atoms with van der Waals surface area (Å²) in [4.78, 5) is 24.1. The first-order valence-corrected chi connectivity index (χ1v) is 10.3. The fourth-order valence-corrected chi connectivity index (χ4v) is 3.40. The maximum Gasteiger partial charge on any atom is 0.407 e. The van der Waals surface area contributed by atoms with Crippen LogP contribution in [0.4, 0.5) is 10.6 Å². The largest absolute Gasteiger partial charge is 0.449 e. The molecular weight excluding hydrogens is 388 g/mol. The van der Waals surface area contributed by atoms with Gasteiger partial charge in [0.15, 0.2) is 5.82 Å². The fourth-order valence-electron chi connectivity index (χ4n) is 3.40. The summed E-state index contributed by atoms with van der Waals surface area (Å²) in [5.41, 5.74) is 2.11. The van der Waals surface area contributed by atoms with Crippen LogP contribution in [0.3, 0.4) is 0 Å². The van der Waals surface area contributed by atoms with E-state index in [0.29, 0.717) is 48.9 Å². The summed E-state index contributed by atoms with van der Waals surface area (Å²) in [6, 6.07) is 3.63. The molecule has 2 amide bonds. The van der Waals surface area contributed by atoms with Gasteiger partial charge < -0.3 is 20.1 Å². The molecule has 10 nitrogen and oxygen atoms in total. The number of alkyl carbamates (subject to hydrolysis) is 1. The number of aromatic amines is 1. The van der Waals surface area contributed by atoms with E-state index in [4.69, 9.17) is 9.47 Å². The highest BCUT2D eigenvalue weighted by Crippen LogP contribution is 2.41. The van der Waals surface area contributed by atoms with Gasteiger partial charge in [-0.25, -0.2) is 4.79 Å². The normalized spacial score (nSPS) is 18.2. The molecule has 3 rings (SSSR count). The zero-order valence-corrected chi connectivity index (χ0v) is 17.9. The number of anilines is 1. The molecule has 0 saturated heterocycles. The van der Waals surface area contributed by atoms with Gasteiger partial charge in [-0.1, -0.05) is 0 Å². The molecule has 0 spiro atoms. The maximum absolute atomic E-state index is 12.5. The van der Waals surface area contributed by atoms with Gasteiger partial charge in [-0.05, 0) is 45.6 Å². The second-order valence-corrected chi connectivity index (χ2v) is 7.88. The van der Waals surface area contributed by atoms with Crippen molar-refractivity contribution in [3.63, 3.8) is 0 Å². The molecule has 0 atom stereocenters. The minimum Gasteiger partial charge on any atom is -0.449 e. The Kier molecular flexibility index (Phi) is 7.09. The Bertz CT molecular complexity index is 869. The van der Waals surface area contributed by atoms with Crippen molar-refractivity contribution in [3.8, 4) is 0 Å². The third-order valence-electron chi connectivity index (χ3n) is 4.99. The molecule has 10 heteroatoms. The first-order valence-electron chi connectivity index (χ1n) is 10.3. The number of aromatic nitrogens is 4. The minimum absolute atomic E-state index is 0.0628. The van der Waals surface area contributed by atoms with Crippen molar-refractivity contribution in [2.45, 2.75) is 52.2 Å². The van der Waals surface area contributed by atoms with Gasteiger partial charge in [0, 0.05) is 37.4 Å². The zero-order valence-electron chi connectivity index (χ0n) is 17.9. The van der Waals surface area contributed by atoms with Gasteiger partial charge in [-0.3, -0.25) is 14.6 Å². The summed E-state index contributed by atoms with van der Waals surface area (Å²) in [5.74, 6) is 0.854. The molecule has 0 radical (unpaired) electrons. The first kappa shape index (κ1) is 21.8. The van der Waals surface area contributed by atoms with E-state index in [9.17, 15) is 9.59 Å². The Balaban J connectivity index is 1.46. The zero-order chi connectivity index (χ0) is 21.7. The summed E-state index contributed by atoms with van der Waals surface area (Å²) >= 11 is 0. The third-order valence-corrected chi connectivity index (χ3v) is 4.99. The van der Waals surface area contributed by atoms with Gasteiger partial charge in [0.1, 0.15) is 5.69 Å². The van der Waals surface area contributed by atoms with E-state index < -0.39 is 0 Å². The van der Waals surface area contributed by atoms with Crippen molar-refractivity contribution in [1.82, 2.24) is 25.3 Å². The second-order valence-electron chi connectivity index (χ2n) is 7.88. The van der Waals surface area contributed by atoms with E-state index in [-0.39, 0.29) is 18.0 Å². The van der Waals surface area contributed by atoms with Gasteiger partial charge in [-0.15, -0.1) is 0 Å². The number of nitrogens with zero attached hydrogens (tertiary/aromatic N) is 3. The Morgan fingerprint density at radius 3 is 2.80 bits per heavy atom. The Labute approximate surface area is 175 Å². The molecule has 2 aromatic heterocycles. The SMILES string of the molecule is CCOCc1cc(C(=O)Nc2cc(C3CC(COC(=O)NC(C)C)C3)[nH]n2)n(C)n1. The van der Waals surface area contributed by atoms with E-state index in [1.807, 2.05) is 26.8 Å². The van der Waals surface area contributed by atoms with Gasteiger partial charge in [0.25, 0.3) is 5.91 Å². The average Bonchev–Trinajstić information content (AvgIpc) is 3.24. The van der Waals surface area contributed by atoms with Crippen molar-refractivity contribution in [3.05, 3.63) is 29.2 Å². The van der Waals surface area contributed by atoms with Crippen molar-refractivity contribution >= 4 is 17.8 Å². The predicted molar refractivity (Wildman–Crippen MR) is 110 cm³/mol. The molecule has 1 aliphatic carbocycles. The fraction of sp³-hybridized carbons (Fsp3) is 0.600. The predicted octanol–water partition coefficient (Wildman–Crippen LogP) is 2.56. The van der Waals surface area contributed by atoms with Crippen molar-refractivity contribution in [2.75, 3.05) is 18.5 Å². The molecule has 30 heavy (non-hydrogen) atoms. The Morgan fingerprint density at radius 2 is 2.10 bits per heavy atom. The lowest BCUT2D eigenvalue weighted by atomic mass is 9.74. The summed E-state index contributed by atoms with van der Waals surface area (Å²) in [6.45, 7) is 7.07. The summed E-state index contributed by atoms with van der Waals surface area (Å²) in [6.07, 6.45) is 1.44. The summed E-state index contributed by atoms with van der Waals surface area (Å²) in [7, 11) is 1.72. The number of hydrogen-bond acceptors (Lipinski definition) is 6. The standard InChI is InChI=1S/C20H30N6O4/c1-5-29-11-15-8-17(26(4)25-15)19(27)22-18-9-16(23-24-18)14-6-13(7-14)10-30-20(28)21-12(2)3/h8-9,12-14H,5-7,10-11H2,1-4H3,(H,21,28)(H2,22,23,24,27). The van der Waals surface area contributed by atoms with E-state index >= 15 is 0 Å². The average molecular weight is 418 g/mol. The molecule has 1 fully saturated rings. The highest BCUT2D eigenvalue weighted by Gasteiger charge is 2.32. The number of H-pyrrole nitrogens is 1. The number of hydrogen-bond donors (Lipinski definition) is 3. The van der Waals surface area contributed by atoms with Crippen LogP contribution in [0, 0.1) is 5.92 Å². The monoisotopic (exact) mass is 418 g/mol. The van der Waals surface area contributed by atoms with Crippen LogP contribution in [0.25, 0.3) is 0 Å². The van der Waals surface area contributed by atoms with Crippen LogP contribution in [0.2, 0.25) is 0 Å². The summed E-state index contributed by atoms with van der Waals surface area (Å²) in [5, 5.41) is 17.0. The topological polar surface area (TPSA) is 123 Å². The van der Waals surface area contributed by atoms with Crippen LogP contribution >= 0.6 is 0 Å². The minimum atomic E-state index is -0.375. The van der Waals surface area contributed by atoms with Crippen LogP contribution < -0.4 is 10.6 Å². The molecule has 164 valence electrons. The Morgan fingerprint density at radius 1 is 1.33 bits per heavy atom. The van der Waals surface area contributed by atoms with Crippen LogP contribution in [0.15, 0.2) is 12.1 Å². The highest BCUT2D eigenvalue weighted by atomic mass is 16.5. The molecule has 1 saturated carbocycles.